The number of hydrogen-bond donors (Lipinski definition) is 2. The lowest BCUT2D eigenvalue weighted by molar-refractivity contribution is 0.0504. The highest BCUT2D eigenvalue weighted by molar-refractivity contribution is 8.93. The van der Waals surface area contributed by atoms with Crippen LogP contribution in [-0.2, 0) is 11.3 Å². The third-order valence-electron chi connectivity index (χ3n) is 2.90. The van der Waals surface area contributed by atoms with Crippen LogP contribution in [0.5, 0.6) is 0 Å². The summed E-state index contributed by atoms with van der Waals surface area (Å²) in [6.45, 7) is 7.93. The van der Waals surface area contributed by atoms with Crippen molar-refractivity contribution in [2.24, 2.45) is 0 Å². The molecule has 7 heteroatoms. The maximum absolute atomic E-state index is 11.8. The molecule has 0 saturated carbocycles. The van der Waals surface area contributed by atoms with Crippen LogP contribution in [0.2, 0.25) is 0 Å². The van der Waals surface area contributed by atoms with Crippen LogP contribution >= 0.6 is 17.0 Å². The fourth-order valence-corrected chi connectivity index (χ4v) is 2.11. The Hall–Kier alpha value is -1.76. The summed E-state index contributed by atoms with van der Waals surface area (Å²) < 4.78 is 7.13. The molecule has 0 saturated heterocycles. The van der Waals surface area contributed by atoms with Crippen molar-refractivity contribution in [3.05, 3.63) is 24.3 Å². The highest BCUT2D eigenvalue weighted by Gasteiger charge is 2.18. The molecular formula is C15H23BrN4O2. The number of halogens is 1. The molecule has 1 aromatic carbocycles. The molecule has 1 amide bonds. The number of para-hydroxylation sites is 2. The van der Waals surface area contributed by atoms with E-state index in [1.807, 2.05) is 56.5 Å². The zero-order chi connectivity index (χ0) is 15.6. The first-order valence-corrected chi connectivity index (χ1v) is 6.96. The molecule has 0 aliphatic carbocycles. The number of fused-ring (bicyclic) bond motifs is 1. The summed E-state index contributed by atoms with van der Waals surface area (Å²) in [4.78, 5) is 16.1. The Morgan fingerprint density at radius 3 is 2.68 bits per heavy atom. The van der Waals surface area contributed by atoms with Crippen molar-refractivity contribution in [1.29, 1.82) is 0 Å². The number of amides is 1. The molecule has 2 aromatic rings. The molecule has 22 heavy (non-hydrogen) atoms. The predicted molar refractivity (Wildman–Crippen MR) is 93.3 cm³/mol. The molecule has 1 heterocycles. The number of anilines is 1. The summed E-state index contributed by atoms with van der Waals surface area (Å²) in [6, 6.07) is 7.60. The molecule has 1 atom stereocenters. The molecule has 0 radical (unpaired) electrons. The number of hydrogen-bond acceptors (Lipinski definition) is 4. The summed E-state index contributed by atoms with van der Waals surface area (Å²) in [7, 11) is 0. The van der Waals surface area contributed by atoms with Gasteiger partial charge in [-0.25, -0.2) is 9.78 Å². The van der Waals surface area contributed by atoms with Crippen molar-refractivity contribution in [3.8, 4) is 0 Å². The SMILES string of the molecule is Br.CC(Cn1c(N)nc2ccccc21)NC(=O)OC(C)(C)C. The van der Waals surface area contributed by atoms with E-state index in [-0.39, 0.29) is 23.0 Å². The first-order valence-electron chi connectivity index (χ1n) is 6.96. The highest BCUT2D eigenvalue weighted by Crippen LogP contribution is 2.17. The van der Waals surface area contributed by atoms with E-state index in [2.05, 4.69) is 10.3 Å². The normalized spacial score (nSPS) is 12.5. The van der Waals surface area contributed by atoms with Gasteiger partial charge in [0.25, 0.3) is 0 Å². The lowest BCUT2D eigenvalue weighted by Crippen LogP contribution is -2.39. The quantitative estimate of drug-likeness (QED) is 0.869. The molecule has 122 valence electrons. The molecular weight excluding hydrogens is 348 g/mol. The van der Waals surface area contributed by atoms with Gasteiger partial charge in [-0.15, -0.1) is 17.0 Å². The number of nitrogens with zero attached hydrogens (tertiary/aromatic N) is 2. The maximum atomic E-state index is 11.8. The van der Waals surface area contributed by atoms with Crippen LogP contribution in [0.15, 0.2) is 24.3 Å². The minimum atomic E-state index is -0.509. The van der Waals surface area contributed by atoms with Crippen molar-refractivity contribution in [1.82, 2.24) is 14.9 Å². The van der Waals surface area contributed by atoms with Crippen LogP contribution in [0.25, 0.3) is 11.0 Å². The van der Waals surface area contributed by atoms with Gasteiger partial charge in [-0.3, -0.25) is 0 Å². The number of nitrogens with one attached hydrogen (secondary N) is 1. The molecule has 0 bridgehead atoms. The molecule has 0 aliphatic heterocycles. The number of benzene rings is 1. The third-order valence-corrected chi connectivity index (χ3v) is 2.90. The predicted octanol–water partition coefficient (Wildman–Crippen LogP) is 3.11. The van der Waals surface area contributed by atoms with Gasteiger partial charge in [-0.2, -0.15) is 0 Å². The van der Waals surface area contributed by atoms with Crippen molar-refractivity contribution >= 4 is 40.1 Å². The number of rotatable bonds is 3. The van der Waals surface area contributed by atoms with Gasteiger partial charge in [0.2, 0.25) is 5.95 Å². The summed E-state index contributed by atoms with van der Waals surface area (Å²) >= 11 is 0. The van der Waals surface area contributed by atoms with Gasteiger partial charge in [0.1, 0.15) is 5.60 Å². The Labute approximate surface area is 140 Å². The van der Waals surface area contributed by atoms with E-state index in [4.69, 9.17) is 10.5 Å². The zero-order valence-electron chi connectivity index (χ0n) is 13.3. The first-order chi connectivity index (χ1) is 9.76. The third kappa shape index (κ3) is 4.62. The van der Waals surface area contributed by atoms with E-state index < -0.39 is 11.7 Å². The van der Waals surface area contributed by atoms with Gasteiger partial charge < -0.3 is 20.4 Å². The van der Waals surface area contributed by atoms with E-state index in [0.717, 1.165) is 11.0 Å². The number of nitrogens with two attached hydrogens (primary N) is 1. The molecule has 0 aliphatic rings. The van der Waals surface area contributed by atoms with Crippen LogP contribution in [0.3, 0.4) is 0 Å². The van der Waals surface area contributed by atoms with Gasteiger partial charge in [-0.05, 0) is 39.8 Å². The zero-order valence-corrected chi connectivity index (χ0v) is 15.0. The highest BCUT2D eigenvalue weighted by atomic mass is 79.9. The fraction of sp³-hybridized carbons (Fsp3) is 0.467. The minimum absolute atomic E-state index is 0. The van der Waals surface area contributed by atoms with Crippen molar-refractivity contribution in [3.63, 3.8) is 0 Å². The summed E-state index contributed by atoms with van der Waals surface area (Å²) in [5, 5.41) is 2.80. The van der Waals surface area contributed by atoms with E-state index >= 15 is 0 Å². The Kier molecular flexibility index (Phi) is 5.82. The minimum Gasteiger partial charge on any atom is -0.444 e. The van der Waals surface area contributed by atoms with Crippen LogP contribution in [0.4, 0.5) is 10.7 Å². The summed E-state index contributed by atoms with van der Waals surface area (Å²) in [6.07, 6.45) is -0.432. The average molecular weight is 371 g/mol. The molecule has 1 unspecified atom stereocenters. The van der Waals surface area contributed by atoms with E-state index in [9.17, 15) is 4.79 Å². The fourth-order valence-electron chi connectivity index (χ4n) is 2.11. The molecule has 6 nitrogen and oxygen atoms in total. The van der Waals surface area contributed by atoms with Gasteiger partial charge >= 0.3 is 6.09 Å². The van der Waals surface area contributed by atoms with Gasteiger partial charge in [0, 0.05) is 12.6 Å². The van der Waals surface area contributed by atoms with Crippen LogP contribution in [0, 0.1) is 0 Å². The van der Waals surface area contributed by atoms with Crippen LogP contribution < -0.4 is 11.1 Å². The van der Waals surface area contributed by atoms with Crippen LogP contribution in [-0.4, -0.2) is 27.3 Å². The van der Waals surface area contributed by atoms with Gasteiger partial charge in [0.05, 0.1) is 11.0 Å². The van der Waals surface area contributed by atoms with Crippen molar-refractivity contribution < 1.29 is 9.53 Å². The number of imidazole rings is 1. The second-order valence-corrected chi connectivity index (χ2v) is 6.12. The number of ether oxygens (including phenoxy) is 1. The Balaban J connectivity index is 0.00000242. The van der Waals surface area contributed by atoms with E-state index in [1.54, 1.807) is 0 Å². The lowest BCUT2D eigenvalue weighted by atomic mass is 10.2. The second-order valence-electron chi connectivity index (χ2n) is 6.12. The number of nitrogen functional groups attached to an aromatic ring is 1. The Morgan fingerprint density at radius 2 is 2.05 bits per heavy atom. The monoisotopic (exact) mass is 370 g/mol. The number of carbonyl (C=O) groups excluding carboxylic acids is 1. The van der Waals surface area contributed by atoms with Gasteiger partial charge in [0.15, 0.2) is 0 Å². The smallest absolute Gasteiger partial charge is 0.407 e. The average Bonchev–Trinajstić information content (AvgIpc) is 2.63. The lowest BCUT2D eigenvalue weighted by Gasteiger charge is -2.22. The van der Waals surface area contributed by atoms with E-state index in [0.29, 0.717) is 12.5 Å². The van der Waals surface area contributed by atoms with Crippen molar-refractivity contribution in [2.75, 3.05) is 5.73 Å². The summed E-state index contributed by atoms with van der Waals surface area (Å²) in [5.41, 5.74) is 7.23. The van der Waals surface area contributed by atoms with Crippen LogP contribution in [0.1, 0.15) is 27.7 Å². The number of carbonyl (C=O) groups is 1. The summed E-state index contributed by atoms with van der Waals surface area (Å²) in [5.74, 6) is 0.439. The molecule has 2 rings (SSSR count). The number of alkyl carbamates (subject to hydrolysis) is 1. The molecule has 0 spiro atoms. The Bertz CT molecular complexity index is 649. The molecule has 1 aromatic heterocycles. The van der Waals surface area contributed by atoms with Gasteiger partial charge in [-0.1, -0.05) is 12.1 Å². The first kappa shape index (κ1) is 18.3. The standard InChI is InChI=1S/C15H22N4O2.BrH/c1-10(17-14(20)21-15(2,3)4)9-19-12-8-6-5-7-11(12)18-13(19)16;/h5-8,10H,9H2,1-4H3,(H2,16,18)(H,17,20);1H. The number of aromatic nitrogens is 2. The largest absolute Gasteiger partial charge is 0.444 e. The molecule has 3 N–H and O–H groups in total. The maximum Gasteiger partial charge on any atom is 0.407 e. The molecule has 0 fully saturated rings. The Morgan fingerprint density at radius 1 is 1.41 bits per heavy atom. The topological polar surface area (TPSA) is 82.2 Å². The second kappa shape index (κ2) is 7.00. The van der Waals surface area contributed by atoms with Crippen molar-refractivity contribution in [2.45, 2.75) is 45.9 Å². The van der Waals surface area contributed by atoms with E-state index in [1.165, 1.54) is 0 Å².